The van der Waals surface area contributed by atoms with Gasteiger partial charge in [-0.25, -0.2) is 18.4 Å². The van der Waals surface area contributed by atoms with Crippen molar-refractivity contribution in [2.24, 2.45) is 0 Å². The Kier molecular flexibility index (Phi) is 5.13. The van der Waals surface area contributed by atoms with Crippen molar-refractivity contribution in [3.8, 4) is 0 Å². The summed E-state index contributed by atoms with van der Waals surface area (Å²) in [4.78, 5) is 9.20. The highest BCUT2D eigenvalue weighted by Crippen LogP contribution is 2.24. The van der Waals surface area contributed by atoms with Crippen molar-refractivity contribution >= 4 is 32.7 Å². The smallest absolute Gasteiger partial charge is 0.263 e. The van der Waals surface area contributed by atoms with E-state index in [0.717, 1.165) is 5.56 Å². The quantitative estimate of drug-likeness (QED) is 0.487. The first-order valence-corrected chi connectivity index (χ1v) is 10.6. The molecule has 9 heteroatoms. The van der Waals surface area contributed by atoms with Gasteiger partial charge >= 0.3 is 0 Å². The standard InChI is InChI=1S/C20H20N6O2S/c1-15-13-22-26(14-15)12-11-21-19-20(24-18-10-6-5-9-17(18)23-19)25-29(27,28)16-7-3-2-4-8-16/h2-10,13-14H,11-12H2,1H3,(H,21,23)(H,24,25). The van der Waals surface area contributed by atoms with Crippen molar-refractivity contribution in [3.05, 3.63) is 72.6 Å². The van der Waals surface area contributed by atoms with E-state index in [-0.39, 0.29) is 10.7 Å². The highest BCUT2D eigenvalue weighted by Gasteiger charge is 2.18. The van der Waals surface area contributed by atoms with Gasteiger partial charge in [-0.2, -0.15) is 5.10 Å². The Hall–Kier alpha value is -3.46. The van der Waals surface area contributed by atoms with Crippen LogP contribution >= 0.6 is 0 Å². The number of benzene rings is 2. The second-order valence-corrected chi connectivity index (χ2v) is 8.22. The van der Waals surface area contributed by atoms with Crippen LogP contribution in [0.25, 0.3) is 11.0 Å². The number of rotatable bonds is 7. The average molecular weight is 408 g/mol. The van der Waals surface area contributed by atoms with Crippen LogP contribution in [0.1, 0.15) is 5.56 Å². The molecule has 2 N–H and O–H groups in total. The lowest BCUT2D eigenvalue weighted by atomic mass is 10.3. The lowest BCUT2D eigenvalue weighted by Gasteiger charge is -2.14. The average Bonchev–Trinajstić information content (AvgIpc) is 3.14. The molecule has 0 atom stereocenters. The van der Waals surface area contributed by atoms with Crippen LogP contribution in [0.15, 0.2) is 71.9 Å². The summed E-state index contributed by atoms with van der Waals surface area (Å²) in [5, 5.41) is 7.42. The van der Waals surface area contributed by atoms with E-state index >= 15 is 0 Å². The number of aryl methyl sites for hydroxylation is 1. The van der Waals surface area contributed by atoms with E-state index in [9.17, 15) is 8.42 Å². The first kappa shape index (κ1) is 18.9. The van der Waals surface area contributed by atoms with Crippen LogP contribution < -0.4 is 10.0 Å². The zero-order valence-corrected chi connectivity index (χ0v) is 16.6. The van der Waals surface area contributed by atoms with Crippen molar-refractivity contribution in [1.29, 1.82) is 0 Å². The van der Waals surface area contributed by atoms with Crippen LogP contribution in [-0.4, -0.2) is 34.7 Å². The predicted molar refractivity (Wildman–Crippen MR) is 112 cm³/mol. The number of anilines is 2. The molecule has 0 bridgehead atoms. The second kappa shape index (κ2) is 7.88. The Morgan fingerprint density at radius 2 is 1.59 bits per heavy atom. The van der Waals surface area contributed by atoms with Crippen LogP contribution in [0.2, 0.25) is 0 Å². The van der Waals surface area contributed by atoms with Crippen LogP contribution in [0, 0.1) is 6.92 Å². The van der Waals surface area contributed by atoms with Gasteiger partial charge in [0.1, 0.15) is 0 Å². The van der Waals surface area contributed by atoms with Crippen LogP contribution in [0.3, 0.4) is 0 Å². The summed E-state index contributed by atoms with van der Waals surface area (Å²) in [6.45, 7) is 3.09. The molecule has 2 aromatic heterocycles. The third kappa shape index (κ3) is 4.35. The van der Waals surface area contributed by atoms with E-state index in [2.05, 4.69) is 25.1 Å². The van der Waals surface area contributed by atoms with Gasteiger partial charge in [0.25, 0.3) is 10.0 Å². The molecule has 0 aliphatic carbocycles. The van der Waals surface area contributed by atoms with E-state index < -0.39 is 10.0 Å². The highest BCUT2D eigenvalue weighted by atomic mass is 32.2. The van der Waals surface area contributed by atoms with E-state index in [1.807, 2.05) is 36.0 Å². The number of hydrogen-bond donors (Lipinski definition) is 2. The fraction of sp³-hybridized carbons (Fsp3) is 0.150. The number of para-hydroxylation sites is 2. The molecule has 0 unspecified atom stereocenters. The van der Waals surface area contributed by atoms with Crippen molar-refractivity contribution in [2.75, 3.05) is 16.6 Å². The second-order valence-electron chi connectivity index (χ2n) is 6.54. The van der Waals surface area contributed by atoms with E-state index in [1.54, 1.807) is 30.5 Å². The number of aromatic nitrogens is 4. The molecule has 29 heavy (non-hydrogen) atoms. The molecule has 0 radical (unpaired) electrons. The Balaban J connectivity index is 1.63. The first-order valence-electron chi connectivity index (χ1n) is 9.09. The molecule has 148 valence electrons. The Labute approximate surface area is 168 Å². The molecule has 2 aromatic carbocycles. The summed E-state index contributed by atoms with van der Waals surface area (Å²) in [6, 6.07) is 15.5. The van der Waals surface area contributed by atoms with Crippen molar-refractivity contribution in [3.63, 3.8) is 0 Å². The van der Waals surface area contributed by atoms with Gasteiger partial charge < -0.3 is 5.32 Å². The van der Waals surface area contributed by atoms with E-state index in [1.165, 1.54) is 12.1 Å². The van der Waals surface area contributed by atoms with Gasteiger partial charge in [0.15, 0.2) is 11.6 Å². The maximum absolute atomic E-state index is 12.8. The molecule has 2 heterocycles. The molecule has 0 spiro atoms. The molecule has 0 amide bonds. The summed E-state index contributed by atoms with van der Waals surface area (Å²) in [5.74, 6) is 0.524. The van der Waals surface area contributed by atoms with Crippen molar-refractivity contribution in [2.45, 2.75) is 18.4 Å². The number of hydrogen-bond acceptors (Lipinski definition) is 6. The molecule has 0 aliphatic heterocycles. The Morgan fingerprint density at radius 1 is 0.931 bits per heavy atom. The molecule has 0 aliphatic rings. The maximum Gasteiger partial charge on any atom is 0.263 e. The monoisotopic (exact) mass is 408 g/mol. The van der Waals surface area contributed by atoms with Crippen LogP contribution in [-0.2, 0) is 16.6 Å². The molecule has 0 fully saturated rings. The Bertz CT molecular complexity index is 1240. The van der Waals surface area contributed by atoms with Gasteiger partial charge in [-0.15, -0.1) is 0 Å². The van der Waals surface area contributed by atoms with Crippen molar-refractivity contribution < 1.29 is 8.42 Å². The molecule has 4 rings (SSSR count). The summed E-state index contributed by atoms with van der Waals surface area (Å²) in [6.07, 6.45) is 3.72. The fourth-order valence-electron chi connectivity index (χ4n) is 2.86. The molecular formula is C20H20N6O2S. The van der Waals surface area contributed by atoms with Gasteiger partial charge in [-0.05, 0) is 36.8 Å². The predicted octanol–water partition coefficient (Wildman–Crippen LogP) is 3.05. The molecule has 0 saturated heterocycles. The van der Waals surface area contributed by atoms with Gasteiger partial charge in [0, 0.05) is 12.7 Å². The Morgan fingerprint density at radius 3 is 2.24 bits per heavy atom. The van der Waals surface area contributed by atoms with Crippen LogP contribution in [0.4, 0.5) is 11.6 Å². The maximum atomic E-state index is 12.8. The SMILES string of the molecule is Cc1cnn(CCNc2nc3ccccc3nc2NS(=O)(=O)c2ccccc2)c1. The summed E-state index contributed by atoms with van der Waals surface area (Å²) in [7, 11) is -3.79. The lowest BCUT2D eigenvalue weighted by Crippen LogP contribution is -2.18. The number of nitrogens with one attached hydrogen (secondary N) is 2. The van der Waals surface area contributed by atoms with Gasteiger partial charge in [0.2, 0.25) is 0 Å². The normalized spacial score (nSPS) is 11.5. The van der Waals surface area contributed by atoms with Crippen LogP contribution in [0.5, 0.6) is 0 Å². The lowest BCUT2D eigenvalue weighted by molar-refractivity contribution is 0.601. The van der Waals surface area contributed by atoms with Gasteiger partial charge in [-0.3, -0.25) is 9.40 Å². The zero-order chi connectivity index (χ0) is 20.3. The van der Waals surface area contributed by atoms with Crippen molar-refractivity contribution in [1.82, 2.24) is 19.7 Å². The molecule has 4 aromatic rings. The largest absolute Gasteiger partial charge is 0.365 e. The molecule has 8 nitrogen and oxygen atoms in total. The third-order valence-electron chi connectivity index (χ3n) is 4.25. The third-order valence-corrected chi connectivity index (χ3v) is 5.61. The van der Waals surface area contributed by atoms with Gasteiger partial charge in [0.05, 0.1) is 28.7 Å². The number of fused-ring (bicyclic) bond motifs is 1. The number of sulfonamides is 1. The minimum Gasteiger partial charge on any atom is -0.365 e. The minimum atomic E-state index is -3.79. The fourth-order valence-corrected chi connectivity index (χ4v) is 3.89. The van der Waals surface area contributed by atoms with Gasteiger partial charge in [-0.1, -0.05) is 30.3 Å². The topological polar surface area (TPSA) is 102 Å². The molecule has 0 saturated carbocycles. The van der Waals surface area contributed by atoms with E-state index in [4.69, 9.17) is 0 Å². The highest BCUT2D eigenvalue weighted by molar-refractivity contribution is 7.92. The summed E-state index contributed by atoms with van der Waals surface area (Å²) in [5.41, 5.74) is 2.35. The number of nitrogens with zero attached hydrogens (tertiary/aromatic N) is 4. The summed E-state index contributed by atoms with van der Waals surface area (Å²) >= 11 is 0. The summed E-state index contributed by atoms with van der Waals surface area (Å²) < 4.78 is 29.9. The molecular weight excluding hydrogens is 388 g/mol. The van der Waals surface area contributed by atoms with E-state index in [0.29, 0.717) is 29.9 Å². The first-order chi connectivity index (χ1) is 14.0. The zero-order valence-electron chi connectivity index (χ0n) is 15.8. The minimum absolute atomic E-state index is 0.157.